The summed E-state index contributed by atoms with van der Waals surface area (Å²) in [6, 6.07) is 7.12. The Hall–Kier alpha value is -1.92. The Bertz CT molecular complexity index is 847. The van der Waals surface area contributed by atoms with Gasteiger partial charge in [-0.3, -0.25) is 9.59 Å². The van der Waals surface area contributed by atoms with E-state index in [4.69, 9.17) is 11.6 Å². The lowest BCUT2D eigenvalue weighted by atomic mass is 9.84. The molecule has 27 heavy (non-hydrogen) atoms. The summed E-state index contributed by atoms with van der Waals surface area (Å²) in [5.41, 5.74) is 1.69. The topological polar surface area (TPSA) is 62.3 Å². The molecule has 1 atom stereocenters. The fourth-order valence-electron chi connectivity index (χ4n) is 4.14. The lowest BCUT2D eigenvalue weighted by molar-refractivity contribution is -0.121. The van der Waals surface area contributed by atoms with E-state index in [9.17, 15) is 9.59 Å². The highest BCUT2D eigenvalue weighted by molar-refractivity contribution is 7.19. The minimum absolute atomic E-state index is 0.0567. The number of amides is 2. The number of halogens is 1. The Morgan fingerprint density at radius 1 is 1.30 bits per heavy atom. The van der Waals surface area contributed by atoms with Gasteiger partial charge in [0, 0.05) is 12.1 Å². The zero-order valence-electron chi connectivity index (χ0n) is 15.0. The average Bonchev–Trinajstić information content (AvgIpc) is 3.24. The van der Waals surface area contributed by atoms with Crippen molar-refractivity contribution in [2.45, 2.75) is 51.1 Å². The van der Waals surface area contributed by atoms with E-state index in [1.165, 1.54) is 36.8 Å². The van der Waals surface area contributed by atoms with E-state index in [1.807, 2.05) is 24.3 Å². The molecule has 1 aliphatic carbocycles. The van der Waals surface area contributed by atoms with Crippen LogP contribution in [0.15, 0.2) is 30.5 Å². The summed E-state index contributed by atoms with van der Waals surface area (Å²) in [5, 5.41) is 3.34. The molecule has 1 aliphatic heterocycles. The third-order valence-corrected chi connectivity index (χ3v) is 6.55. The molecule has 2 aromatic rings. The number of nitrogens with one attached hydrogen (secondary N) is 1. The van der Waals surface area contributed by atoms with Crippen LogP contribution in [0.5, 0.6) is 0 Å². The van der Waals surface area contributed by atoms with Gasteiger partial charge in [-0.25, -0.2) is 4.98 Å². The molecule has 1 fully saturated rings. The highest BCUT2D eigenvalue weighted by Gasteiger charge is 2.37. The Labute approximate surface area is 167 Å². The number of nitrogens with zero attached hydrogens (tertiary/aromatic N) is 2. The number of aromatic nitrogens is 1. The van der Waals surface area contributed by atoms with Crippen LogP contribution in [0.25, 0.3) is 0 Å². The van der Waals surface area contributed by atoms with Crippen LogP contribution in [-0.2, 0) is 11.3 Å². The lowest BCUT2D eigenvalue weighted by Gasteiger charge is -2.31. The van der Waals surface area contributed by atoms with Crippen LogP contribution in [0.4, 0.5) is 5.13 Å². The molecule has 1 saturated carbocycles. The quantitative estimate of drug-likeness (QED) is 0.784. The molecule has 1 N–H and O–H groups in total. The average molecular weight is 404 g/mol. The summed E-state index contributed by atoms with van der Waals surface area (Å²) in [5.74, 6) is 0.248. The van der Waals surface area contributed by atoms with Gasteiger partial charge in [0.1, 0.15) is 10.4 Å². The number of hydrogen-bond donors (Lipinski definition) is 1. The van der Waals surface area contributed by atoms with Gasteiger partial charge in [0.15, 0.2) is 5.13 Å². The van der Waals surface area contributed by atoms with Crippen molar-refractivity contribution in [2.75, 3.05) is 5.32 Å². The van der Waals surface area contributed by atoms with E-state index in [-0.39, 0.29) is 11.8 Å². The van der Waals surface area contributed by atoms with Crippen LogP contribution in [0, 0.1) is 5.92 Å². The van der Waals surface area contributed by atoms with E-state index in [2.05, 4.69) is 10.3 Å². The molecule has 5 nitrogen and oxygen atoms in total. The summed E-state index contributed by atoms with van der Waals surface area (Å²) in [7, 11) is 0. The van der Waals surface area contributed by atoms with Gasteiger partial charge in [-0.1, -0.05) is 73.2 Å². The fraction of sp³-hybridized carbons (Fsp3) is 0.450. The largest absolute Gasteiger partial charge is 0.322 e. The molecule has 2 amide bonds. The lowest BCUT2D eigenvalue weighted by Crippen LogP contribution is -2.45. The molecule has 7 heteroatoms. The summed E-state index contributed by atoms with van der Waals surface area (Å²) in [4.78, 5) is 31.9. The van der Waals surface area contributed by atoms with Crippen molar-refractivity contribution in [3.05, 3.63) is 45.9 Å². The number of rotatable bonds is 5. The summed E-state index contributed by atoms with van der Waals surface area (Å²) in [6.07, 6.45) is 8.15. The van der Waals surface area contributed by atoms with Crippen LogP contribution in [-0.4, -0.2) is 27.7 Å². The number of fused-ring (bicyclic) bond motifs is 1. The minimum atomic E-state index is -0.490. The molecule has 0 unspecified atom stereocenters. The number of thiazole rings is 1. The van der Waals surface area contributed by atoms with E-state index in [0.29, 0.717) is 33.9 Å². The van der Waals surface area contributed by atoms with Gasteiger partial charge in [-0.2, -0.15) is 0 Å². The smallest absolute Gasteiger partial charge is 0.255 e. The number of hydrogen-bond acceptors (Lipinski definition) is 4. The standard InChI is InChI=1S/C20H22ClN3O2S/c21-17-11-22-20(27-17)23-18(25)16(10-13-6-2-1-3-7-13)24-12-14-8-4-5-9-15(14)19(24)26/h4-5,8-9,11,13,16H,1-3,6-7,10,12H2,(H,22,23,25)/t16-/m1/s1. The van der Waals surface area contributed by atoms with Gasteiger partial charge < -0.3 is 10.2 Å². The summed E-state index contributed by atoms with van der Waals surface area (Å²) in [6.45, 7) is 0.485. The predicted molar refractivity (Wildman–Crippen MR) is 107 cm³/mol. The maximum absolute atomic E-state index is 13.1. The Morgan fingerprint density at radius 2 is 2.07 bits per heavy atom. The predicted octanol–water partition coefficient (Wildman–Crippen LogP) is 4.73. The molecule has 2 heterocycles. The second-order valence-electron chi connectivity index (χ2n) is 7.30. The van der Waals surface area contributed by atoms with E-state index in [1.54, 1.807) is 4.90 Å². The normalized spacial score (nSPS) is 18.4. The molecule has 0 bridgehead atoms. The van der Waals surface area contributed by atoms with Crippen molar-refractivity contribution in [1.82, 2.24) is 9.88 Å². The molecule has 1 aromatic heterocycles. The SMILES string of the molecule is O=C(Nc1ncc(Cl)s1)[C@@H](CC1CCCCC1)N1Cc2ccccc2C1=O. The monoisotopic (exact) mass is 403 g/mol. The van der Waals surface area contributed by atoms with Crippen LogP contribution < -0.4 is 5.32 Å². The first-order valence-electron chi connectivity index (χ1n) is 9.43. The zero-order chi connectivity index (χ0) is 18.8. The van der Waals surface area contributed by atoms with Crippen LogP contribution in [0.3, 0.4) is 0 Å². The van der Waals surface area contributed by atoms with Gasteiger partial charge in [0.2, 0.25) is 5.91 Å². The Morgan fingerprint density at radius 3 is 2.78 bits per heavy atom. The van der Waals surface area contributed by atoms with E-state index < -0.39 is 6.04 Å². The number of carbonyl (C=O) groups is 2. The van der Waals surface area contributed by atoms with Gasteiger partial charge in [-0.05, 0) is 24.0 Å². The molecule has 0 saturated heterocycles. The second kappa shape index (κ2) is 7.98. The first kappa shape index (κ1) is 18.4. The van der Waals surface area contributed by atoms with Gasteiger partial charge in [0.25, 0.3) is 5.91 Å². The maximum Gasteiger partial charge on any atom is 0.255 e. The van der Waals surface area contributed by atoms with Crippen molar-refractivity contribution in [3.8, 4) is 0 Å². The van der Waals surface area contributed by atoms with Crippen molar-refractivity contribution >= 4 is 39.9 Å². The third-order valence-electron chi connectivity index (χ3n) is 5.52. The molecule has 1 aromatic carbocycles. The molecule has 2 aliphatic rings. The molecule has 0 radical (unpaired) electrons. The second-order valence-corrected chi connectivity index (χ2v) is 8.97. The molecule has 142 valence electrons. The molecule has 4 rings (SSSR count). The maximum atomic E-state index is 13.1. The first-order valence-corrected chi connectivity index (χ1v) is 10.6. The van der Waals surface area contributed by atoms with Gasteiger partial charge in [-0.15, -0.1) is 0 Å². The van der Waals surface area contributed by atoms with Crippen LogP contribution in [0.2, 0.25) is 4.34 Å². The van der Waals surface area contributed by atoms with E-state index in [0.717, 1.165) is 18.4 Å². The molecular formula is C20H22ClN3O2S. The van der Waals surface area contributed by atoms with E-state index >= 15 is 0 Å². The Balaban J connectivity index is 1.56. The van der Waals surface area contributed by atoms with Crippen molar-refractivity contribution < 1.29 is 9.59 Å². The van der Waals surface area contributed by atoms with Crippen LogP contribution in [0.1, 0.15) is 54.4 Å². The third kappa shape index (κ3) is 4.01. The number of benzene rings is 1. The molecule has 0 spiro atoms. The van der Waals surface area contributed by atoms with Crippen molar-refractivity contribution in [3.63, 3.8) is 0 Å². The first-order chi connectivity index (χ1) is 13.1. The number of carbonyl (C=O) groups excluding carboxylic acids is 2. The number of anilines is 1. The fourth-order valence-corrected chi connectivity index (χ4v) is 4.96. The van der Waals surface area contributed by atoms with Gasteiger partial charge >= 0.3 is 0 Å². The highest BCUT2D eigenvalue weighted by Crippen LogP contribution is 2.33. The van der Waals surface area contributed by atoms with Crippen LogP contribution >= 0.6 is 22.9 Å². The van der Waals surface area contributed by atoms with Crippen molar-refractivity contribution in [1.29, 1.82) is 0 Å². The minimum Gasteiger partial charge on any atom is -0.322 e. The zero-order valence-corrected chi connectivity index (χ0v) is 16.6. The Kier molecular flexibility index (Phi) is 5.45. The molecular weight excluding hydrogens is 382 g/mol. The summed E-state index contributed by atoms with van der Waals surface area (Å²) >= 11 is 7.16. The highest BCUT2D eigenvalue weighted by atomic mass is 35.5. The van der Waals surface area contributed by atoms with Crippen molar-refractivity contribution in [2.24, 2.45) is 5.92 Å². The van der Waals surface area contributed by atoms with Gasteiger partial charge in [0.05, 0.1) is 6.20 Å². The summed E-state index contributed by atoms with van der Waals surface area (Å²) < 4.78 is 0.527.